The Labute approximate surface area is 152 Å². The van der Waals surface area contributed by atoms with E-state index in [9.17, 15) is 19.7 Å². The molecule has 0 aliphatic heterocycles. The smallest absolute Gasteiger partial charge is 0.277 e. The third kappa shape index (κ3) is 4.54. The second kappa shape index (κ2) is 7.91. The molecule has 0 radical (unpaired) electrons. The minimum atomic E-state index is -0.540. The van der Waals surface area contributed by atoms with Crippen LogP contribution in [0, 0.1) is 10.1 Å². The van der Waals surface area contributed by atoms with Crippen LogP contribution in [0.2, 0.25) is 0 Å². The number of ether oxygens (including phenoxy) is 1. The van der Waals surface area contributed by atoms with Crippen LogP contribution in [-0.4, -0.2) is 28.6 Å². The van der Waals surface area contributed by atoms with Gasteiger partial charge in [-0.25, -0.2) is 5.43 Å². The summed E-state index contributed by atoms with van der Waals surface area (Å²) in [4.78, 5) is 36.5. The van der Waals surface area contributed by atoms with Gasteiger partial charge in [0.25, 0.3) is 17.2 Å². The zero-order chi connectivity index (χ0) is 19.2. The number of para-hydroxylation sites is 1. The first-order valence-electron chi connectivity index (χ1n) is 7.84. The van der Waals surface area contributed by atoms with Crippen LogP contribution in [0.25, 0.3) is 10.9 Å². The maximum Gasteiger partial charge on any atom is 0.277 e. The second-order valence-electron chi connectivity index (χ2n) is 5.47. The molecule has 0 unspecified atom stereocenters. The van der Waals surface area contributed by atoms with Gasteiger partial charge in [0.05, 0.1) is 16.7 Å². The lowest BCUT2D eigenvalue weighted by Gasteiger charge is -2.04. The van der Waals surface area contributed by atoms with Gasteiger partial charge in [0.15, 0.2) is 6.61 Å². The summed E-state index contributed by atoms with van der Waals surface area (Å²) in [5.74, 6) is -0.229. The van der Waals surface area contributed by atoms with E-state index >= 15 is 0 Å². The molecular weight excluding hydrogens is 352 g/mol. The number of aromatic amines is 1. The van der Waals surface area contributed by atoms with Gasteiger partial charge in [0, 0.05) is 17.6 Å². The number of H-pyrrole nitrogens is 1. The van der Waals surface area contributed by atoms with E-state index < -0.39 is 10.8 Å². The highest BCUT2D eigenvalue weighted by Crippen LogP contribution is 2.17. The molecule has 2 N–H and O–H groups in total. The standard InChI is InChI=1S/C18H14N4O5/c23-17(11-27-15-7-5-14(6-8-15)22(25)26)21-19-10-13-9-12-3-1-2-4-16(12)20-18(13)24/h1-10H,11H2,(H,20,24)(H,21,23)/b19-10+. The van der Waals surface area contributed by atoms with Gasteiger partial charge in [0.2, 0.25) is 0 Å². The van der Waals surface area contributed by atoms with Crippen molar-refractivity contribution in [2.45, 2.75) is 0 Å². The van der Waals surface area contributed by atoms with E-state index in [2.05, 4.69) is 15.5 Å². The first-order chi connectivity index (χ1) is 13.0. The van der Waals surface area contributed by atoms with Crippen LogP contribution in [0.15, 0.2) is 64.5 Å². The Balaban J connectivity index is 1.56. The fourth-order valence-electron chi connectivity index (χ4n) is 2.28. The van der Waals surface area contributed by atoms with Crippen molar-refractivity contribution in [2.24, 2.45) is 5.10 Å². The van der Waals surface area contributed by atoms with E-state index in [0.29, 0.717) is 16.8 Å². The van der Waals surface area contributed by atoms with Crippen molar-refractivity contribution < 1.29 is 14.5 Å². The van der Waals surface area contributed by atoms with E-state index in [0.717, 1.165) is 5.39 Å². The number of amides is 1. The number of nitro benzene ring substituents is 1. The summed E-state index contributed by atoms with van der Waals surface area (Å²) in [5, 5.41) is 15.2. The molecule has 0 fully saturated rings. The molecule has 136 valence electrons. The van der Waals surface area contributed by atoms with Crippen molar-refractivity contribution in [3.8, 4) is 5.75 Å². The largest absolute Gasteiger partial charge is 0.484 e. The molecule has 0 bridgehead atoms. The van der Waals surface area contributed by atoms with Gasteiger partial charge in [-0.1, -0.05) is 18.2 Å². The van der Waals surface area contributed by atoms with E-state index in [1.54, 1.807) is 12.1 Å². The third-order valence-corrected chi connectivity index (χ3v) is 3.59. The van der Waals surface area contributed by atoms with Crippen LogP contribution in [0.1, 0.15) is 5.56 Å². The number of fused-ring (bicyclic) bond motifs is 1. The number of benzene rings is 2. The molecule has 0 aliphatic rings. The number of pyridine rings is 1. The van der Waals surface area contributed by atoms with Crippen LogP contribution >= 0.6 is 0 Å². The Hall–Kier alpha value is -4.01. The second-order valence-corrected chi connectivity index (χ2v) is 5.47. The molecule has 0 atom stereocenters. The number of nitrogens with zero attached hydrogens (tertiary/aromatic N) is 2. The van der Waals surface area contributed by atoms with Crippen LogP contribution in [0.4, 0.5) is 5.69 Å². The van der Waals surface area contributed by atoms with Crippen molar-refractivity contribution in [2.75, 3.05) is 6.61 Å². The van der Waals surface area contributed by atoms with Crippen LogP contribution in [0.5, 0.6) is 5.75 Å². The minimum absolute atomic E-state index is 0.0722. The molecule has 27 heavy (non-hydrogen) atoms. The fourth-order valence-corrected chi connectivity index (χ4v) is 2.28. The SMILES string of the molecule is O=C(COc1ccc([N+](=O)[O-])cc1)N/N=C/c1cc2ccccc2[nH]c1=O. The minimum Gasteiger partial charge on any atom is -0.484 e. The number of carbonyl (C=O) groups excluding carboxylic acids is 1. The first-order valence-corrected chi connectivity index (χ1v) is 7.84. The van der Waals surface area contributed by atoms with Gasteiger partial charge in [0.1, 0.15) is 5.75 Å². The molecular formula is C18H14N4O5. The lowest BCUT2D eigenvalue weighted by atomic mass is 10.2. The van der Waals surface area contributed by atoms with Crippen LogP contribution in [-0.2, 0) is 4.79 Å². The lowest BCUT2D eigenvalue weighted by Crippen LogP contribution is -2.25. The van der Waals surface area contributed by atoms with Gasteiger partial charge in [-0.15, -0.1) is 0 Å². The highest BCUT2D eigenvalue weighted by atomic mass is 16.6. The molecule has 0 spiro atoms. The van der Waals surface area contributed by atoms with Crippen molar-refractivity contribution in [1.29, 1.82) is 0 Å². The Bertz CT molecular complexity index is 1070. The Morgan fingerprint density at radius 3 is 2.70 bits per heavy atom. The molecule has 0 aliphatic carbocycles. The van der Waals surface area contributed by atoms with E-state index in [-0.39, 0.29) is 17.9 Å². The molecule has 3 aromatic rings. The fraction of sp³-hybridized carbons (Fsp3) is 0.0556. The summed E-state index contributed by atoms with van der Waals surface area (Å²) < 4.78 is 5.21. The van der Waals surface area contributed by atoms with E-state index in [4.69, 9.17) is 4.74 Å². The maximum atomic E-state index is 12.0. The molecule has 9 nitrogen and oxygen atoms in total. The summed E-state index contributed by atoms with van der Waals surface area (Å²) in [6.07, 6.45) is 1.25. The zero-order valence-electron chi connectivity index (χ0n) is 13.9. The first kappa shape index (κ1) is 17.8. The average molecular weight is 366 g/mol. The highest BCUT2D eigenvalue weighted by Gasteiger charge is 2.06. The Morgan fingerprint density at radius 1 is 1.22 bits per heavy atom. The summed E-state index contributed by atoms with van der Waals surface area (Å²) in [6, 6.07) is 14.3. The predicted molar refractivity (Wildman–Crippen MR) is 98.9 cm³/mol. The van der Waals surface area contributed by atoms with Crippen molar-refractivity contribution in [1.82, 2.24) is 10.4 Å². The number of rotatable bonds is 6. The Kier molecular flexibility index (Phi) is 5.22. The molecule has 0 saturated carbocycles. The molecule has 1 aromatic heterocycles. The number of hydrogen-bond acceptors (Lipinski definition) is 6. The third-order valence-electron chi connectivity index (χ3n) is 3.59. The molecule has 2 aromatic carbocycles. The number of nitro groups is 1. The van der Waals surface area contributed by atoms with Crippen LogP contribution < -0.4 is 15.7 Å². The highest BCUT2D eigenvalue weighted by molar-refractivity contribution is 5.88. The average Bonchev–Trinajstić information content (AvgIpc) is 2.67. The molecule has 1 heterocycles. The molecule has 0 saturated heterocycles. The maximum absolute atomic E-state index is 12.0. The number of aromatic nitrogens is 1. The number of non-ortho nitro benzene ring substituents is 1. The number of hydrogen-bond donors (Lipinski definition) is 2. The van der Waals surface area contributed by atoms with Crippen LogP contribution in [0.3, 0.4) is 0 Å². The molecule has 3 rings (SSSR count). The van der Waals surface area contributed by atoms with Crippen molar-refractivity contribution in [3.63, 3.8) is 0 Å². The monoisotopic (exact) mass is 366 g/mol. The van der Waals surface area contributed by atoms with Crippen molar-refractivity contribution >= 4 is 28.7 Å². The number of carbonyl (C=O) groups is 1. The molecule has 9 heteroatoms. The zero-order valence-corrected chi connectivity index (χ0v) is 13.9. The quantitative estimate of drug-likeness (QED) is 0.392. The molecule has 1 amide bonds. The number of hydrazone groups is 1. The van der Waals surface area contributed by atoms with Crippen molar-refractivity contribution in [3.05, 3.63) is 80.6 Å². The van der Waals surface area contributed by atoms with Gasteiger partial charge >= 0.3 is 0 Å². The Morgan fingerprint density at radius 2 is 1.96 bits per heavy atom. The van der Waals surface area contributed by atoms with Gasteiger partial charge in [-0.05, 0) is 29.7 Å². The summed E-state index contributed by atoms with van der Waals surface area (Å²) in [6.45, 7) is -0.330. The van der Waals surface area contributed by atoms with Gasteiger partial charge in [-0.2, -0.15) is 5.10 Å². The van der Waals surface area contributed by atoms with Gasteiger partial charge in [-0.3, -0.25) is 19.7 Å². The lowest BCUT2D eigenvalue weighted by molar-refractivity contribution is -0.384. The summed E-state index contributed by atoms with van der Waals surface area (Å²) in [5.41, 5.74) is 2.86. The van der Waals surface area contributed by atoms with E-state index in [1.165, 1.54) is 30.5 Å². The topological polar surface area (TPSA) is 127 Å². The number of nitrogens with one attached hydrogen (secondary N) is 2. The summed E-state index contributed by atoms with van der Waals surface area (Å²) in [7, 11) is 0. The normalized spacial score (nSPS) is 10.8. The van der Waals surface area contributed by atoms with Gasteiger partial charge < -0.3 is 9.72 Å². The predicted octanol–water partition coefficient (Wildman–Crippen LogP) is 1.97. The summed E-state index contributed by atoms with van der Waals surface area (Å²) >= 11 is 0. The van der Waals surface area contributed by atoms with E-state index in [1.807, 2.05) is 18.2 Å².